The van der Waals surface area contributed by atoms with E-state index in [0.29, 0.717) is 5.56 Å². The summed E-state index contributed by atoms with van der Waals surface area (Å²) in [4.78, 5) is 14.5. The van der Waals surface area contributed by atoms with Crippen molar-refractivity contribution in [2.24, 2.45) is 0 Å². The van der Waals surface area contributed by atoms with Crippen LogP contribution in [0.4, 0.5) is 4.39 Å². The first-order valence-electron chi connectivity index (χ1n) is 3.37. The lowest BCUT2D eigenvalue weighted by Gasteiger charge is -1.97. The molecule has 0 radical (unpaired) electrons. The molecule has 0 amide bonds. The van der Waals surface area contributed by atoms with Gasteiger partial charge in [-0.05, 0) is 13.0 Å². The zero-order valence-corrected chi connectivity index (χ0v) is 8.06. The molecule has 4 heteroatoms. The molecule has 0 aromatic carbocycles. The van der Waals surface area contributed by atoms with Crippen molar-refractivity contribution in [1.82, 2.24) is 4.98 Å². The minimum Gasteiger partial charge on any atom is -0.291 e. The topological polar surface area (TPSA) is 30.0 Å². The molecule has 0 aliphatic carbocycles. The molecule has 0 aliphatic heterocycles. The maximum atomic E-state index is 12.8. The number of halogens is 2. The van der Waals surface area contributed by atoms with Crippen LogP contribution >= 0.6 is 15.9 Å². The fraction of sp³-hybridized carbons (Fsp3) is 0.250. The number of carbonyl (C=O) groups is 1. The monoisotopic (exact) mass is 231 g/mol. The second kappa shape index (κ2) is 3.76. The number of Topliss-reactive ketones (excluding diaryl/α,β-unsaturated/α-hetero) is 1. The molecule has 0 aliphatic rings. The Balaban J connectivity index is 3.05. The molecule has 0 spiro atoms. The van der Waals surface area contributed by atoms with Gasteiger partial charge in [0.05, 0.1) is 5.33 Å². The van der Waals surface area contributed by atoms with Gasteiger partial charge in [-0.25, -0.2) is 4.98 Å². The van der Waals surface area contributed by atoms with Crippen LogP contribution in [0.25, 0.3) is 0 Å². The van der Waals surface area contributed by atoms with Crippen molar-refractivity contribution in [3.63, 3.8) is 0 Å². The Bertz CT molecular complexity index is 314. The quantitative estimate of drug-likeness (QED) is 0.444. The fourth-order valence-corrected chi connectivity index (χ4v) is 1.01. The molecule has 1 rings (SSSR count). The highest BCUT2D eigenvalue weighted by molar-refractivity contribution is 9.09. The maximum absolute atomic E-state index is 12.8. The van der Waals surface area contributed by atoms with Crippen molar-refractivity contribution in [3.8, 4) is 0 Å². The summed E-state index contributed by atoms with van der Waals surface area (Å²) in [5.74, 6) is -0.796. The van der Waals surface area contributed by atoms with E-state index in [-0.39, 0.29) is 16.8 Å². The van der Waals surface area contributed by atoms with Gasteiger partial charge in [-0.3, -0.25) is 4.79 Å². The molecule has 1 heterocycles. The van der Waals surface area contributed by atoms with Crippen molar-refractivity contribution in [1.29, 1.82) is 0 Å². The van der Waals surface area contributed by atoms with E-state index in [0.717, 1.165) is 0 Å². The first-order valence-corrected chi connectivity index (χ1v) is 4.49. The molecule has 0 bridgehead atoms. The highest BCUT2D eigenvalue weighted by atomic mass is 79.9. The smallest absolute Gasteiger partial charge is 0.216 e. The van der Waals surface area contributed by atoms with Crippen LogP contribution in [0.2, 0.25) is 0 Å². The van der Waals surface area contributed by atoms with Crippen LogP contribution in [0, 0.1) is 12.9 Å². The maximum Gasteiger partial charge on any atom is 0.216 e. The Labute approximate surface area is 77.9 Å². The van der Waals surface area contributed by atoms with E-state index < -0.39 is 5.95 Å². The molecular weight excluding hydrogens is 225 g/mol. The van der Waals surface area contributed by atoms with E-state index in [1.54, 1.807) is 6.92 Å². The number of alkyl halides is 1. The van der Waals surface area contributed by atoms with Gasteiger partial charge in [0.1, 0.15) is 5.69 Å². The summed E-state index contributed by atoms with van der Waals surface area (Å²) in [5, 5.41) is 0.169. The predicted octanol–water partition coefficient (Wildman–Crippen LogP) is 2.11. The summed E-state index contributed by atoms with van der Waals surface area (Å²) < 4.78 is 12.8. The normalized spacial score (nSPS) is 9.92. The molecule has 12 heavy (non-hydrogen) atoms. The Hall–Kier alpha value is -0.770. The lowest BCUT2D eigenvalue weighted by Crippen LogP contribution is -2.05. The lowest BCUT2D eigenvalue weighted by atomic mass is 10.2. The van der Waals surface area contributed by atoms with Gasteiger partial charge in [-0.2, -0.15) is 4.39 Å². The first-order chi connectivity index (χ1) is 5.65. The van der Waals surface area contributed by atoms with Crippen LogP contribution < -0.4 is 0 Å². The second-order valence-electron chi connectivity index (χ2n) is 2.36. The van der Waals surface area contributed by atoms with Crippen molar-refractivity contribution in [2.75, 3.05) is 5.33 Å². The highest BCUT2D eigenvalue weighted by Gasteiger charge is 2.07. The van der Waals surface area contributed by atoms with Gasteiger partial charge in [-0.1, -0.05) is 22.0 Å². The summed E-state index contributed by atoms with van der Waals surface area (Å²) in [6.07, 6.45) is 0. The van der Waals surface area contributed by atoms with Crippen LogP contribution in [0.1, 0.15) is 16.1 Å². The van der Waals surface area contributed by atoms with Crippen molar-refractivity contribution >= 4 is 21.7 Å². The number of aryl methyl sites for hydroxylation is 1. The van der Waals surface area contributed by atoms with E-state index >= 15 is 0 Å². The third-order valence-corrected chi connectivity index (χ3v) is 1.95. The standard InChI is InChI=1S/C8H7BrFNO/c1-5-2-3-6(7(12)4-9)11-8(5)10/h2-3H,4H2,1H3. The Morgan fingerprint density at radius 3 is 2.83 bits per heavy atom. The van der Waals surface area contributed by atoms with E-state index in [1.165, 1.54) is 12.1 Å². The lowest BCUT2D eigenvalue weighted by molar-refractivity contribution is 0.101. The largest absolute Gasteiger partial charge is 0.291 e. The zero-order chi connectivity index (χ0) is 9.14. The number of nitrogens with zero attached hydrogens (tertiary/aromatic N) is 1. The molecule has 1 aromatic heterocycles. The average Bonchev–Trinajstić information content (AvgIpc) is 2.08. The van der Waals surface area contributed by atoms with Gasteiger partial charge in [0, 0.05) is 5.56 Å². The molecule has 1 aromatic rings. The van der Waals surface area contributed by atoms with Gasteiger partial charge in [-0.15, -0.1) is 0 Å². The van der Waals surface area contributed by atoms with Gasteiger partial charge in [0.25, 0.3) is 0 Å². The van der Waals surface area contributed by atoms with Crippen LogP contribution in [0.15, 0.2) is 12.1 Å². The molecular formula is C8H7BrFNO. The summed E-state index contributed by atoms with van der Waals surface area (Å²) >= 11 is 2.98. The number of hydrogen-bond donors (Lipinski definition) is 0. The van der Waals surface area contributed by atoms with Crippen LogP contribution in [0.5, 0.6) is 0 Å². The predicted molar refractivity (Wildman–Crippen MR) is 47.1 cm³/mol. The number of ketones is 1. The number of rotatable bonds is 2. The SMILES string of the molecule is Cc1ccc(C(=O)CBr)nc1F. The van der Waals surface area contributed by atoms with E-state index in [2.05, 4.69) is 20.9 Å². The fourth-order valence-electron chi connectivity index (χ4n) is 0.728. The van der Waals surface area contributed by atoms with Gasteiger partial charge in [0.15, 0.2) is 5.78 Å². The average molecular weight is 232 g/mol. The van der Waals surface area contributed by atoms with E-state index in [4.69, 9.17) is 0 Å². The zero-order valence-electron chi connectivity index (χ0n) is 6.47. The van der Waals surface area contributed by atoms with Crippen molar-refractivity contribution < 1.29 is 9.18 Å². The van der Waals surface area contributed by atoms with Crippen LogP contribution in [-0.2, 0) is 0 Å². The van der Waals surface area contributed by atoms with E-state index in [9.17, 15) is 9.18 Å². The minimum atomic E-state index is -0.582. The van der Waals surface area contributed by atoms with Crippen molar-refractivity contribution in [3.05, 3.63) is 29.3 Å². The highest BCUT2D eigenvalue weighted by Crippen LogP contribution is 2.05. The third-order valence-electron chi connectivity index (χ3n) is 1.44. The Morgan fingerprint density at radius 1 is 1.67 bits per heavy atom. The number of carbonyl (C=O) groups excluding carboxylic acids is 1. The van der Waals surface area contributed by atoms with E-state index in [1.807, 2.05) is 0 Å². The van der Waals surface area contributed by atoms with Crippen LogP contribution in [-0.4, -0.2) is 16.1 Å². The summed E-state index contributed by atoms with van der Waals surface area (Å²) in [6.45, 7) is 1.60. The molecule has 0 saturated heterocycles. The van der Waals surface area contributed by atoms with Crippen LogP contribution in [0.3, 0.4) is 0 Å². The second-order valence-corrected chi connectivity index (χ2v) is 2.92. The summed E-state index contributed by atoms with van der Waals surface area (Å²) in [5.41, 5.74) is 0.607. The van der Waals surface area contributed by atoms with Gasteiger partial charge >= 0.3 is 0 Å². The number of pyridine rings is 1. The molecule has 2 nitrogen and oxygen atoms in total. The van der Waals surface area contributed by atoms with Crippen molar-refractivity contribution in [2.45, 2.75) is 6.92 Å². The Morgan fingerprint density at radius 2 is 2.33 bits per heavy atom. The molecule has 64 valence electrons. The molecule has 0 atom stereocenters. The molecule has 0 saturated carbocycles. The Kier molecular flexibility index (Phi) is 2.92. The first kappa shape index (κ1) is 9.32. The number of aromatic nitrogens is 1. The third kappa shape index (κ3) is 1.88. The minimum absolute atomic E-state index is 0.162. The summed E-state index contributed by atoms with van der Waals surface area (Å²) in [7, 11) is 0. The molecule has 0 fully saturated rings. The molecule has 0 N–H and O–H groups in total. The number of hydrogen-bond acceptors (Lipinski definition) is 2. The molecule has 0 unspecified atom stereocenters. The van der Waals surface area contributed by atoms with Gasteiger partial charge in [0.2, 0.25) is 5.95 Å². The summed E-state index contributed by atoms with van der Waals surface area (Å²) in [6, 6.07) is 3.06. The van der Waals surface area contributed by atoms with Gasteiger partial charge < -0.3 is 0 Å².